The van der Waals surface area contributed by atoms with Gasteiger partial charge in [0, 0.05) is 5.56 Å². The largest absolute Gasteiger partial charge is 0.361 e. The fraction of sp³-hybridized carbons (Fsp3) is 0.308. The molecule has 6 nitrogen and oxygen atoms in total. The fourth-order valence-corrected chi connectivity index (χ4v) is 2.83. The molecule has 0 aliphatic carbocycles. The molecule has 0 aliphatic heterocycles. The zero-order chi connectivity index (χ0) is 15.5. The van der Waals surface area contributed by atoms with E-state index in [4.69, 9.17) is 9.26 Å². The van der Waals surface area contributed by atoms with Gasteiger partial charge in [-0.05, 0) is 26.0 Å². The molecule has 2 rings (SSSR count). The molecule has 0 saturated heterocycles. The smallest absolute Gasteiger partial charge is 0.243 e. The highest BCUT2D eigenvalue weighted by molar-refractivity contribution is 7.89. The van der Waals surface area contributed by atoms with E-state index in [1.165, 1.54) is 12.1 Å². The minimum absolute atomic E-state index is 0.0512. The van der Waals surface area contributed by atoms with Crippen LogP contribution in [-0.2, 0) is 14.8 Å². The summed E-state index contributed by atoms with van der Waals surface area (Å²) in [5.41, 5.74) is 0.800. The van der Waals surface area contributed by atoms with E-state index >= 15 is 0 Å². The first-order valence-corrected chi connectivity index (χ1v) is 7.61. The number of aryl methyl sites for hydroxylation is 1. The predicted molar refractivity (Wildman–Crippen MR) is 72.5 cm³/mol. The van der Waals surface area contributed by atoms with Crippen molar-refractivity contribution in [3.05, 3.63) is 47.3 Å². The summed E-state index contributed by atoms with van der Waals surface area (Å²) >= 11 is 0. The standard InChI is InChI=1S/C13H15FN2O4S/c1-9-10(2)20-15-12(9)13(19-8-14)16-21(17,18)11-6-4-3-5-7-11/h3-7,13,16H,8H2,1-2H3. The van der Waals surface area contributed by atoms with E-state index in [2.05, 4.69) is 9.88 Å². The molecule has 0 saturated carbocycles. The minimum Gasteiger partial charge on any atom is -0.361 e. The molecule has 21 heavy (non-hydrogen) atoms. The van der Waals surface area contributed by atoms with E-state index < -0.39 is 23.1 Å². The molecule has 0 fully saturated rings. The molecule has 1 aromatic carbocycles. The van der Waals surface area contributed by atoms with E-state index in [9.17, 15) is 12.8 Å². The molecular weight excluding hydrogens is 299 g/mol. The van der Waals surface area contributed by atoms with E-state index in [0.29, 0.717) is 11.3 Å². The number of alkyl halides is 1. The van der Waals surface area contributed by atoms with Crippen LogP contribution in [-0.4, -0.2) is 20.4 Å². The van der Waals surface area contributed by atoms with Gasteiger partial charge in [0.15, 0.2) is 13.1 Å². The monoisotopic (exact) mass is 314 g/mol. The number of hydrogen-bond donors (Lipinski definition) is 1. The van der Waals surface area contributed by atoms with Crippen LogP contribution in [0.5, 0.6) is 0 Å². The number of benzene rings is 1. The average Bonchev–Trinajstić information content (AvgIpc) is 2.79. The fourth-order valence-electron chi connectivity index (χ4n) is 1.72. The van der Waals surface area contributed by atoms with Gasteiger partial charge in [-0.3, -0.25) is 0 Å². The average molecular weight is 314 g/mol. The molecule has 1 heterocycles. The molecule has 1 unspecified atom stereocenters. The van der Waals surface area contributed by atoms with Gasteiger partial charge in [0.1, 0.15) is 11.5 Å². The van der Waals surface area contributed by atoms with Crippen molar-refractivity contribution in [3.8, 4) is 0 Å². The van der Waals surface area contributed by atoms with Gasteiger partial charge in [-0.1, -0.05) is 23.4 Å². The Labute approximate surface area is 122 Å². The number of nitrogens with one attached hydrogen (secondary N) is 1. The summed E-state index contributed by atoms with van der Waals surface area (Å²) in [6.07, 6.45) is -1.25. The second-order valence-electron chi connectivity index (χ2n) is 4.34. The minimum atomic E-state index is -3.86. The summed E-state index contributed by atoms with van der Waals surface area (Å²) in [7, 11) is -3.86. The summed E-state index contributed by atoms with van der Waals surface area (Å²) in [5, 5.41) is 3.72. The Morgan fingerprint density at radius 1 is 1.33 bits per heavy atom. The van der Waals surface area contributed by atoms with Crippen LogP contribution in [0.15, 0.2) is 39.8 Å². The van der Waals surface area contributed by atoms with Gasteiger partial charge >= 0.3 is 0 Å². The molecule has 0 bridgehead atoms. The highest BCUT2D eigenvalue weighted by Crippen LogP contribution is 2.22. The van der Waals surface area contributed by atoms with Crippen LogP contribution in [0.1, 0.15) is 23.2 Å². The quantitative estimate of drug-likeness (QED) is 0.827. The summed E-state index contributed by atoms with van der Waals surface area (Å²) in [6.45, 7) is 2.20. The highest BCUT2D eigenvalue weighted by Gasteiger charge is 2.26. The van der Waals surface area contributed by atoms with Crippen molar-refractivity contribution < 1.29 is 22.1 Å². The molecule has 0 aliphatic rings. The Hall–Kier alpha value is -1.77. The Balaban J connectivity index is 2.31. The molecule has 2 aromatic rings. The van der Waals surface area contributed by atoms with E-state index in [1.54, 1.807) is 32.0 Å². The maximum atomic E-state index is 12.5. The van der Waals surface area contributed by atoms with Crippen LogP contribution in [0, 0.1) is 13.8 Å². The molecule has 0 radical (unpaired) electrons. The number of rotatable bonds is 6. The maximum absolute atomic E-state index is 12.5. The van der Waals surface area contributed by atoms with Gasteiger partial charge < -0.3 is 9.26 Å². The number of hydrogen-bond acceptors (Lipinski definition) is 5. The number of ether oxygens (including phenoxy) is 1. The lowest BCUT2D eigenvalue weighted by Crippen LogP contribution is -2.31. The maximum Gasteiger partial charge on any atom is 0.243 e. The van der Waals surface area contributed by atoms with Gasteiger partial charge in [-0.2, -0.15) is 4.72 Å². The third kappa shape index (κ3) is 3.46. The summed E-state index contributed by atoms with van der Waals surface area (Å²) < 4.78 is 49.0. The normalized spacial score (nSPS) is 13.3. The molecule has 1 atom stereocenters. The predicted octanol–water partition coefficient (Wildman–Crippen LogP) is 2.21. The summed E-state index contributed by atoms with van der Waals surface area (Å²) in [5.74, 6) is 0.511. The Kier molecular flexibility index (Phi) is 4.71. The number of sulfonamides is 1. The van der Waals surface area contributed by atoms with Gasteiger partial charge in [-0.15, -0.1) is 0 Å². The van der Waals surface area contributed by atoms with Crippen LogP contribution in [0.2, 0.25) is 0 Å². The first kappa shape index (κ1) is 15.6. The van der Waals surface area contributed by atoms with Crippen LogP contribution < -0.4 is 4.72 Å². The molecule has 1 N–H and O–H groups in total. The van der Waals surface area contributed by atoms with E-state index in [1.807, 2.05) is 0 Å². The Bertz CT molecular complexity index is 700. The van der Waals surface area contributed by atoms with Crippen molar-refractivity contribution in [2.45, 2.75) is 25.0 Å². The van der Waals surface area contributed by atoms with E-state index in [0.717, 1.165) is 0 Å². The SMILES string of the molecule is Cc1onc(C(NS(=O)(=O)c2ccccc2)OCF)c1C. The first-order chi connectivity index (χ1) is 9.95. The van der Waals surface area contributed by atoms with Crippen molar-refractivity contribution in [1.29, 1.82) is 0 Å². The highest BCUT2D eigenvalue weighted by atomic mass is 32.2. The zero-order valence-corrected chi connectivity index (χ0v) is 12.4. The molecular formula is C13H15FN2O4S. The van der Waals surface area contributed by atoms with Gasteiger partial charge in [0.2, 0.25) is 10.0 Å². The molecule has 8 heteroatoms. The van der Waals surface area contributed by atoms with Crippen molar-refractivity contribution >= 4 is 10.0 Å². The van der Waals surface area contributed by atoms with Crippen LogP contribution in [0.4, 0.5) is 4.39 Å². The lowest BCUT2D eigenvalue weighted by atomic mass is 10.2. The van der Waals surface area contributed by atoms with Crippen LogP contribution in [0.25, 0.3) is 0 Å². The van der Waals surface area contributed by atoms with Crippen molar-refractivity contribution in [2.24, 2.45) is 0 Å². The molecule has 0 amide bonds. The number of aromatic nitrogens is 1. The topological polar surface area (TPSA) is 81.4 Å². The summed E-state index contributed by atoms with van der Waals surface area (Å²) in [6, 6.07) is 7.72. The Morgan fingerprint density at radius 3 is 2.52 bits per heavy atom. The van der Waals surface area contributed by atoms with Crippen molar-refractivity contribution in [1.82, 2.24) is 9.88 Å². The third-order valence-corrected chi connectivity index (χ3v) is 4.40. The van der Waals surface area contributed by atoms with Gasteiger partial charge in [0.05, 0.1) is 4.90 Å². The first-order valence-electron chi connectivity index (χ1n) is 6.13. The molecule has 0 spiro atoms. The lowest BCUT2D eigenvalue weighted by Gasteiger charge is -2.16. The summed E-state index contributed by atoms with van der Waals surface area (Å²) in [4.78, 5) is 0.0512. The molecule has 1 aromatic heterocycles. The van der Waals surface area contributed by atoms with Crippen LogP contribution >= 0.6 is 0 Å². The van der Waals surface area contributed by atoms with Crippen molar-refractivity contribution in [3.63, 3.8) is 0 Å². The zero-order valence-electron chi connectivity index (χ0n) is 11.5. The van der Waals surface area contributed by atoms with Gasteiger partial charge in [0.25, 0.3) is 0 Å². The van der Waals surface area contributed by atoms with E-state index in [-0.39, 0.29) is 10.6 Å². The lowest BCUT2D eigenvalue weighted by molar-refractivity contribution is -0.0153. The van der Waals surface area contributed by atoms with Crippen molar-refractivity contribution in [2.75, 3.05) is 6.86 Å². The van der Waals surface area contributed by atoms with Gasteiger partial charge in [-0.25, -0.2) is 12.8 Å². The Morgan fingerprint density at radius 2 is 2.00 bits per heavy atom. The second kappa shape index (κ2) is 6.33. The number of nitrogens with zero attached hydrogens (tertiary/aromatic N) is 1. The second-order valence-corrected chi connectivity index (χ2v) is 6.05. The van der Waals surface area contributed by atoms with Crippen LogP contribution in [0.3, 0.4) is 0 Å². The molecule has 114 valence electrons. The number of halogens is 1. The third-order valence-electron chi connectivity index (χ3n) is 2.99.